The van der Waals surface area contributed by atoms with Crippen molar-refractivity contribution in [1.82, 2.24) is 15.0 Å². The van der Waals surface area contributed by atoms with Gasteiger partial charge in [0.15, 0.2) is 0 Å². The summed E-state index contributed by atoms with van der Waals surface area (Å²) in [6.45, 7) is 0. The van der Waals surface area contributed by atoms with Gasteiger partial charge in [0.2, 0.25) is 0 Å². The van der Waals surface area contributed by atoms with Crippen LogP contribution in [0.15, 0.2) is 79.4 Å². The van der Waals surface area contributed by atoms with Crippen LogP contribution in [-0.4, -0.2) is 20.9 Å². The van der Waals surface area contributed by atoms with Crippen LogP contribution in [0.1, 0.15) is 32.7 Å². The quantitative estimate of drug-likeness (QED) is 0.320. The van der Waals surface area contributed by atoms with Gasteiger partial charge in [0.1, 0.15) is 6.33 Å². The molecule has 0 aliphatic heterocycles. The Balaban J connectivity index is 1.69. The lowest BCUT2D eigenvalue weighted by molar-refractivity contribution is -0.138. The van der Waals surface area contributed by atoms with Crippen LogP contribution in [-0.2, 0) is 18.8 Å². The van der Waals surface area contributed by atoms with Crippen molar-refractivity contribution < 1.29 is 31.1 Å². The van der Waals surface area contributed by atoms with Crippen molar-refractivity contribution in [1.29, 1.82) is 0 Å². The van der Waals surface area contributed by atoms with Crippen molar-refractivity contribution in [3.05, 3.63) is 107 Å². The van der Waals surface area contributed by atoms with Crippen molar-refractivity contribution in [3.8, 4) is 11.3 Å². The lowest BCUT2D eigenvalue weighted by atomic mass is 9.96. The molecule has 36 heavy (non-hydrogen) atoms. The molecule has 0 atom stereocenters. The van der Waals surface area contributed by atoms with Crippen LogP contribution >= 0.6 is 0 Å². The van der Waals surface area contributed by atoms with Crippen molar-refractivity contribution in [2.45, 2.75) is 18.8 Å². The lowest BCUT2D eigenvalue weighted by Crippen LogP contribution is -2.16. The van der Waals surface area contributed by atoms with E-state index in [1.807, 2.05) is 0 Å². The summed E-state index contributed by atoms with van der Waals surface area (Å²) in [6, 6.07) is 11.6. The van der Waals surface area contributed by atoms with E-state index in [-0.39, 0.29) is 28.9 Å². The minimum Gasteiger partial charge on any atom is -0.322 e. The number of pyridine rings is 1. The first-order chi connectivity index (χ1) is 17.0. The molecular formula is C25H16F6N4O. The molecule has 0 radical (unpaired) electrons. The summed E-state index contributed by atoms with van der Waals surface area (Å²) in [5.41, 5.74) is -1.22. The summed E-state index contributed by atoms with van der Waals surface area (Å²) < 4.78 is 80.2. The second-order valence-electron chi connectivity index (χ2n) is 7.67. The maximum Gasteiger partial charge on any atom is 0.416 e. The van der Waals surface area contributed by atoms with Gasteiger partial charge in [-0.1, -0.05) is 6.07 Å². The predicted octanol–water partition coefficient (Wildman–Crippen LogP) is 6.42. The molecule has 0 saturated carbocycles. The third-order valence-corrected chi connectivity index (χ3v) is 5.23. The average molecular weight is 502 g/mol. The summed E-state index contributed by atoms with van der Waals surface area (Å²) in [6.07, 6.45) is -5.40. The molecule has 0 aliphatic rings. The fourth-order valence-electron chi connectivity index (χ4n) is 3.58. The van der Waals surface area contributed by atoms with Crippen LogP contribution in [0.3, 0.4) is 0 Å². The van der Waals surface area contributed by atoms with E-state index in [4.69, 9.17) is 0 Å². The van der Waals surface area contributed by atoms with Crippen molar-refractivity contribution in [2.24, 2.45) is 0 Å². The second kappa shape index (κ2) is 9.76. The molecule has 1 amide bonds. The van der Waals surface area contributed by atoms with Crippen LogP contribution in [0.2, 0.25) is 0 Å². The fourth-order valence-corrected chi connectivity index (χ4v) is 3.58. The molecule has 4 aromatic rings. The molecule has 0 unspecified atom stereocenters. The summed E-state index contributed by atoms with van der Waals surface area (Å²) in [7, 11) is 0. The maximum atomic E-state index is 13.8. The number of carbonyl (C=O) groups is 1. The van der Waals surface area contributed by atoms with Crippen molar-refractivity contribution in [3.63, 3.8) is 0 Å². The van der Waals surface area contributed by atoms with Gasteiger partial charge in [-0.2, -0.15) is 26.3 Å². The van der Waals surface area contributed by atoms with E-state index in [0.29, 0.717) is 11.3 Å². The van der Waals surface area contributed by atoms with Gasteiger partial charge in [-0.05, 0) is 60.2 Å². The number of benzene rings is 2. The monoisotopic (exact) mass is 502 g/mol. The highest BCUT2D eigenvalue weighted by Gasteiger charge is 2.34. The zero-order valence-electron chi connectivity index (χ0n) is 18.2. The van der Waals surface area contributed by atoms with Crippen LogP contribution in [0.25, 0.3) is 11.3 Å². The van der Waals surface area contributed by atoms with Crippen molar-refractivity contribution in [2.75, 3.05) is 5.32 Å². The Morgan fingerprint density at radius 3 is 2.33 bits per heavy atom. The van der Waals surface area contributed by atoms with E-state index in [9.17, 15) is 31.1 Å². The lowest BCUT2D eigenvalue weighted by Gasteiger charge is -2.16. The van der Waals surface area contributed by atoms with E-state index < -0.39 is 29.4 Å². The van der Waals surface area contributed by atoms with Crippen LogP contribution < -0.4 is 5.32 Å². The summed E-state index contributed by atoms with van der Waals surface area (Å²) in [5.74, 6) is -0.860. The van der Waals surface area contributed by atoms with E-state index in [2.05, 4.69) is 20.3 Å². The first kappa shape index (κ1) is 24.8. The molecular weight excluding hydrogens is 486 g/mol. The number of amides is 1. The highest BCUT2D eigenvalue weighted by Crippen LogP contribution is 2.35. The van der Waals surface area contributed by atoms with E-state index in [1.54, 1.807) is 18.2 Å². The zero-order chi connectivity index (χ0) is 25.9. The van der Waals surface area contributed by atoms with Crippen LogP contribution in [0, 0.1) is 0 Å². The summed E-state index contributed by atoms with van der Waals surface area (Å²) >= 11 is 0. The topological polar surface area (TPSA) is 67.8 Å². The Morgan fingerprint density at radius 2 is 1.64 bits per heavy atom. The third kappa shape index (κ3) is 5.68. The number of halogens is 6. The van der Waals surface area contributed by atoms with Crippen LogP contribution in [0.4, 0.5) is 32.0 Å². The van der Waals surface area contributed by atoms with Gasteiger partial charge in [-0.3, -0.25) is 9.78 Å². The van der Waals surface area contributed by atoms with Crippen LogP contribution in [0.5, 0.6) is 0 Å². The Hall–Kier alpha value is -4.28. The first-order valence-electron chi connectivity index (χ1n) is 10.4. The molecule has 2 aromatic heterocycles. The van der Waals surface area contributed by atoms with Gasteiger partial charge in [0.05, 0.1) is 22.5 Å². The number of hydrogen-bond donors (Lipinski definition) is 1. The summed E-state index contributed by atoms with van der Waals surface area (Å²) in [5, 5.41) is 2.30. The standard InChI is InChI=1S/C25H16F6N4O/c26-24(27,28)17-3-1-4-18(13-17)35-23(36)15-6-7-20(25(29,30)31)16(11-15)12-22-19(5-2-9-33-22)21-8-10-32-14-34-21/h1-11,13-14H,12H2,(H,35,36). The van der Waals surface area contributed by atoms with Gasteiger partial charge in [-0.25, -0.2) is 9.97 Å². The summed E-state index contributed by atoms with van der Waals surface area (Å²) in [4.78, 5) is 24.9. The largest absolute Gasteiger partial charge is 0.416 e. The minimum atomic E-state index is -4.71. The van der Waals surface area contributed by atoms with Gasteiger partial charge < -0.3 is 5.32 Å². The molecule has 2 heterocycles. The average Bonchev–Trinajstić information content (AvgIpc) is 2.84. The second-order valence-corrected chi connectivity index (χ2v) is 7.67. The Labute approximate surface area is 200 Å². The van der Waals surface area contributed by atoms with Crippen molar-refractivity contribution >= 4 is 11.6 Å². The number of anilines is 1. The first-order valence-corrected chi connectivity index (χ1v) is 10.4. The minimum absolute atomic E-state index is 0.146. The van der Waals surface area contributed by atoms with E-state index in [0.717, 1.165) is 36.4 Å². The molecule has 4 rings (SSSR count). The molecule has 0 fully saturated rings. The number of nitrogens with one attached hydrogen (secondary N) is 1. The zero-order valence-corrected chi connectivity index (χ0v) is 18.2. The molecule has 184 valence electrons. The Kier molecular flexibility index (Phi) is 6.73. The molecule has 0 bridgehead atoms. The number of carbonyl (C=O) groups excluding carboxylic acids is 1. The molecule has 2 aromatic carbocycles. The van der Waals surface area contributed by atoms with E-state index in [1.165, 1.54) is 24.8 Å². The molecule has 11 heteroatoms. The number of aromatic nitrogens is 3. The molecule has 1 N–H and O–H groups in total. The molecule has 5 nitrogen and oxygen atoms in total. The van der Waals surface area contributed by atoms with Gasteiger partial charge in [0, 0.05) is 35.6 Å². The van der Waals surface area contributed by atoms with E-state index >= 15 is 0 Å². The Morgan fingerprint density at radius 1 is 0.833 bits per heavy atom. The fraction of sp³-hybridized carbons (Fsp3) is 0.120. The number of alkyl halides is 6. The smallest absolute Gasteiger partial charge is 0.322 e. The highest BCUT2D eigenvalue weighted by molar-refractivity contribution is 6.04. The number of nitrogens with zero attached hydrogens (tertiary/aromatic N) is 3. The number of hydrogen-bond acceptors (Lipinski definition) is 4. The predicted molar refractivity (Wildman–Crippen MR) is 119 cm³/mol. The number of rotatable bonds is 5. The van der Waals surface area contributed by atoms with Gasteiger partial charge in [-0.15, -0.1) is 0 Å². The molecule has 0 saturated heterocycles. The van der Waals surface area contributed by atoms with Gasteiger partial charge in [0.25, 0.3) is 5.91 Å². The Bertz CT molecular complexity index is 1390. The molecule has 0 aliphatic carbocycles. The highest BCUT2D eigenvalue weighted by atomic mass is 19.4. The third-order valence-electron chi connectivity index (χ3n) is 5.23. The maximum absolute atomic E-state index is 13.8. The normalized spacial score (nSPS) is 11.8. The SMILES string of the molecule is O=C(Nc1cccc(C(F)(F)F)c1)c1ccc(C(F)(F)F)c(Cc2ncccc2-c2ccncn2)c1. The van der Waals surface area contributed by atoms with Gasteiger partial charge >= 0.3 is 12.4 Å². The molecule has 0 spiro atoms.